The summed E-state index contributed by atoms with van der Waals surface area (Å²) >= 11 is 0. The minimum absolute atomic E-state index is 0.236. The van der Waals surface area contributed by atoms with Gasteiger partial charge in [0.25, 0.3) is 0 Å². The van der Waals surface area contributed by atoms with Crippen LogP contribution in [0.4, 0.5) is 0 Å². The number of allylic oxidation sites excluding steroid dienone is 11. The molecule has 2 aliphatic rings. The molecule has 0 spiro atoms. The van der Waals surface area contributed by atoms with Crippen molar-refractivity contribution < 1.29 is 64.6 Å². The molecule has 9 N–H and O–H groups in total. The monoisotopic (exact) mass is 1270 g/mol. The first-order valence-corrected chi connectivity index (χ1v) is 37.2. The van der Waals surface area contributed by atoms with Crippen LogP contribution in [0.1, 0.15) is 309 Å². The van der Waals surface area contributed by atoms with Crippen LogP contribution in [-0.2, 0) is 23.7 Å². The Balaban J connectivity index is 1.62. The van der Waals surface area contributed by atoms with E-state index < -0.39 is 86.8 Å². The van der Waals surface area contributed by atoms with Gasteiger partial charge in [-0.05, 0) is 64.2 Å². The number of hydrogen-bond donors (Lipinski definition) is 9. The zero-order valence-corrected chi connectivity index (χ0v) is 57.1. The molecule has 0 aliphatic carbocycles. The largest absolute Gasteiger partial charge is 0.394 e. The quantitative estimate of drug-likeness (QED) is 0.0204. The molecule has 14 nitrogen and oxygen atoms in total. The van der Waals surface area contributed by atoms with E-state index in [2.05, 4.69) is 79.9 Å². The van der Waals surface area contributed by atoms with E-state index in [0.717, 1.165) is 70.6 Å². The fourth-order valence-electron chi connectivity index (χ4n) is 12.0. The lowest BCUT2D eigenvalue weighted by atomic mass is 9.97. The molecule has 2 fully saturated rings. The molecule has 2 aliphatic heterocycles. The summed E-state index contributed by atoms with van der Waals surface area (Å²) in [5.41, 5.74) is 0. The van der Waals surface area contributed by atoms with Crippen LogP contribution in [0.15, 0.2) is 72.9 Å². The van der Waals surface area contributed by atoms with E-state index in [1.807, 2.05) is 6.08 Å². The van der Waals surface area contributed by atoms with Crippen molar-refractivity contribution in [2.45, 2.75) is 383 Å². The summed E-state index contributed by atoms with van der Waals surface area (Å²) in [6.45, 7) is 2.72. The summed E-state index contributed by atoms with van der Waals surface area (Å²) in [5, 5.41) is 87.5. The molecule has 2 rings (SSSR count). The van der Waals surface area contributed by atoms with Crippen LogP contribution in [-0.4, -0.2) is 140 Å². The maximum Gasteiger partial charge on any atom is 0.220 e. The molecule has 0 bridgehead atoms. The highest BCUT2D eigenvalue weighted by atomic mass is 16.7. The number of aliphatic hydroxyl groups excluding tert-OH is 8. The average molecular weight is 1270 g/mol. The summed E-state index contributed by atoms with van der Waals surface area (Å²) in [5.74, 6) is -0.236. The molecule has 0 saturated carbocycles. The van der Waals surface area contributed by atoms with Crippen molar-refractivity contribution >= 4 is 5.91 Å². The van der Waals surface area contributed by atoms with Crippen molar-refractivity contribution in [3.8, 4) is 0 Å². The van der Waals surface area contributed by atoms with Crippen LogP contribution in [0, 0.1) is 0 Å². The van der Waals surface area contributed by atoms with Gasteiger partial charge < -0.3 is 65.1 Å². The number of aliphatic hydroxyl groups is 8. The Hall–Kier alpha value is -2.57. The number of nitrogens with one attached hydrogen (secondary N) is 1. The lowest BCUT2D eigenvalue weighted by Gasteiger charge is -2.46. The van der Waals surface area contributed by atoms with Gasteiger partial charge in [-0.15, -0.1) is 0 Å². The lowest BCUT2D eigenvalue weighted by Crippen LogP contribution is -2.65. The minimum atomic E-state index is -1.79. The Kier molecular flexibility index (Phi) is 55.8. The summed E-state index contributed by atoms with van der Waals surface area (Å²) in [4.78, 5) is 13.4. The third-order valence-corrected chi connectivity index (χ3v) is 17.9. The van der Waals surface area contributed by atoms with Crippen LogP contribution < -0.4 is 5.32 Å². The number of carbonyl (C=O) groups excluding carboxylic acids is 1. The minimum Gasteiger partial charge on any atom is -0.394 e. The van der Waals surface area contributed by atoms with Gasteiger partial charge in [0.15, 0.2) is 12.6 Å². The van der Waals surface area contributed by atoms with Gasteiger partial charge >= 0.3 is 0 Å². The Morgan fingerprint density at radius 3 is 1.18 bits per heavy atom. The maximum atomic E-state index is 13.4. The van der Waals surface area contributed by atoms with Gasteiger partial charge in [0.1, 0.15) is 48.8 Å². The topological polar surface area (TPSA) is 228 Å². The lowest BCUT2D eigenvalue weighted by molar-refractivity contribution is -0.359. The molecule has 524 valence electrons. The SMILES string of the molecule is CC/C=C\C/C=C\C/C=C\C/C=C\C/C=C\CCCCCCCCCCCCCCCCCCCCCC(=O)NC(COC1OC(CO)C(OC2OC(CO)C(O)C(O)C2O)C(O)C1O)C(O)/C=C/CCCCCCCCCCCCCCCCCCCCC. The number of hydrogen-bond acceptors (Lipinski definition) is 13. The van der Waals surface area contributed by atoms with Gasteiger partial charge in [0.05, 0.1) is 32.0 Å². The molecule has 14 heteroatoms. The Labute approximate surface area is 548 Å². The molecular formula is C76H137NO13. The van der Waals surface area contributed by atoms with Gasteiger partial charge in [-0.2, -0.15) is 0 Å². The highest BCUT2D eigenvalue weighted by molar-refractivity contribution is 5.76. The summed E-state index contributed by atoms with van der Waals surface area (Å²) in [7, 11) is 0. The smallest absolute Gasteiger partial charge is 0.220 e. The third-order valence-electron chi connectivity index (χ3n) is 17.9. The molecule has 0 aromatic carbocycles. The van der Waals surface area contributed by atoms with Crippen molar-refractivity contribution in [2.75, 3.05) is 19.8 Å². The highest BCUT2D eigenvalue weighted by Gasteiger charge is 2.51. The van der Waals surface area contributed by atoms with Gasteiger partial charge in [0.2, 0.25) is 5.91 Å². The van der Waals surface area contributed by atoms with Crippen molar-refractivity contribution in [3.63, 3.8) is 0 Å². The van der Waals surface area contributed by atoms with E-state index in [9.17, 15) is 45.6 Å². The first-order chi connectivity index (χ1) is 44.1. The molecular weight excluding hydrogens is 1130 g/mol. The van der Waals surface area contributed by atoms with Crippen molar-refractivity contribution in [3.05, 3.63) is 72.9 Å². The predicted octanol–water partition coefficient (Wildman–Crippen LogP) is 15.8. The van der Waals surface area contributed by atoms with Crippen molar-refractivity contribution in [1.29, 1.82) is 0 Å². The van der Waals surface area contributed by atoms with E-state index >= 15 is 0 Å². The standard InChI is InChI=1S/C76H137NO13/c1-3-5-7-9-11-13-15-17-19-21-23-25-26-27-28-29-30-31-32-33-34-35-36-37-38-40-42-44-46-48-50-52-54-56-58-60-68(81)77-64(65(80)59-57-55-53-51-49-47-45-43-41-39-24-22-20-18-16-14-12-10-8-6-4-2)63-87-75-73(86)71(84)74(67(62-79)89-75)90-76-72(85)70(83)69(82)66(61-78)88-76/h5,7,11,13,17,19,23,25,27-28,57,59,64-67,69-76,78-80,82-86H,3-4,6,8-10,12,14-16,18,20-22,24,26,29-56,58,60-63H2,1-2H3,(H,77,81)/b7-5-,13-11-,19-17-,25-23-,28-27-,59-57+. The molecule has 0 aromatic heterocycles. The van der Waals surface area contributed by atoms with Gasteiger partial charge in [-0.25, -0.2) is 0 Å². The fraction of sp³-hybridized carbons (Fsp3) is 0.829. The highest BCUT2D eigenvalue weighted by Crippen LogP contribution is 2.30. The third kappa shape index (κ3) is 43.4. The van der Waals surface area contributed by atoms with Gasteiger partial charge in [-0.3, -0.25) is 4.79 Å². The summed E-state index contributed by atoms with van der Waals surface area (Å²) < 4.78 is 22.9. The van der Waals surface area contributed by atoms with Gasteiger partial charge in [-0.1, -0.05) is 311 Å². The number of carbonyl (C=O) groups is 1. The molecule has 12 atom stereocenters. The molecule has 0 aromatic rings. The normalized spacial score (nSPS) is 23.3. The van der Waals surface area contributed by atoms with Crippen molar-refractivity contribution in [2.24, 2.45) is 0 Å². The second-order valence-electron chi connectivity index (χ2n) is 26.0. The van der Waals surface area contributed by atoms with E-state index in [1.165, 1.54) is 212 Å². The predicted molar refractivity (Wildman–Crippen MR) is 369 cm³/mol. The van der Waals surface area contributed by atoms with Crippen molar-refractivity contribution in [1.82, 2.24) is 5.32 Å². The Morgan fingerprint density at radius 2 is 0.767 bits per heavy atom. The second-order valence-corrected chi connectivity index (χ2v) is 26.0. The van der Waals surface area contributed by atoms with E-state index in [-0.39, 0.29) is 18.9 Å². The zero-order chi connectivity index (χ0) is 65.2. The van der Waals surface area contributed by atoms with Crippen LogP contribution >= 0.6 is 0 Å². The number of ether oxygens (including phenoxy) is 4. The van der Waals surface area contributed by atoms with E-state index in [0.29, 0.717) is 6.42 Å². The van der Waals surface area contributed by atoms with Gasteiger partial charge in [0, 0.05) is 6.42 Å². The second kappa shape index (κ2) is 60.1. The number of unbranched alkanes of at least 4 members (excludes halogenated alkanes) is 38. The fourth-order valence-corrected chi connectivity index (χ4v) is 12.0. The summed E-state index contributed by atoms with van der Waals surface area (Å²) in [6, 6.07) is -0.917. The molecule has 12 unspecified atom stereocenters. The average Bonchev–Trinajstić information content (AvgIpc) is 1.28. The maximum absolute atomic E-state index is 13.4. The van der Waals surface area contributed by atoms with Crippen LogP contribution in [0.25, 0.3) is 0 Å². The molecule has 2 heterocycles. The van der Waals surface area contributed by atoms with Crippen LogP contribution in [0.2, 0.25) is 0 Å². The number of amides is 1. The van der Waals surface area contributed by atoms with Crippen LogP contribution in [0.5, 0.6) is 0 Å². The molecule has 90 heavy (non-hydrogen) atoms. The molecule has 0 radical (unpaired) electrons. The number of rotatable bonds is 61. The molecule has 2 saturated heterocycles. The van der Waals surface area contributed by atoms with Crippen LogP contribution in [0.3, 0.4) is 0 Å². The van der Waals surface area contributed by atoms with E-state index in [1.54, 1.807) is 6.08 Å². The van der Waals surface area contributed by atoms with E-state index in [4.69, 9.17) is 18.9 Å². The first-order valence-electron chi connectivity index (χ1n) is 37.2. The zero-order valence-electron chi connectivity index (χ0n) is 57.1. The summed E-state index contributed by atoms with van der Waals surface area (Å²) in [6.07, 6.45) is 65.3. The Morgan fingerprint density at radius 1 is 0.411 bits per heavy atom. The first kappa shape index (κ1) is 83.5. The molecule has 1 amide bonds. The Bertz CT molecular complexity index is 1790.